The largest absolute Gasteiger partial charge is 0.435 e. The van der Waals surface area contributed by atoms with Crippen LogP contribution in [0.2, 0.25) is 5.02 Å². The van der Waals surface area contributed by atoms with E-state index in [2.05, 4.69) is 20.2 Å². The van der Waals surface area contributed by atoms with E-state index < -0.39 is 94.5 Å². The molecule has 0 aliphatic carbocycles. The number of rotatable bonds is 6. The van der Waals surface area contributed by atoms with E-state index in [0.29, 0.717) is 0 Å². The first-order chi connectivity index (χ1) is 18.2. The average molecular weight is 610 g/mol. The maximum Gasteiger partial charge on any atom is 0.435 e. The Kier molecular flexibility index (Phi) is 8.25. The molecule has 2 N–H and O–H groups in total. The number of nitrogens with one attached hydrogen (secondary N) is 2. The third-order valence-corrected chi connectivity index (χ3v) is 5.64. The van der Waals surface area contributed by atoms with Crippen LogP contribution in [-0.2, 0) is 21.4 Å². The van der Waals surface area contributed by atoms with Crippen LogP contribution >= 0.6 is 11.6 Å². The van der Waals surface area contributed by atoms with Crippen molar-refractivity contribution in [1.29, 1.82) is 0 Å². The first-order valence-corrected chi connectivity index (χ1v) is 11.0. The van der Waals surface area contributed by atoms with Gasteiger partial charge in [-0.3, -0.25) is 9.59 Å². The van der Waals surface area contributed by atoms with Crippen molar-refractivity contribution in [3.63, 3.8) is 0 Å². The summed E-state index contributed by atoms with van der Waals surface area (Å²) in [7, 11) is 0. The molecule has 2 heterocycles. The Labute approximate surface area is 221 Å². The number of aromatic nitrogens is 2. The number of carbonyl (C=O) groups excluding carboxylic acids is 2. The first kappa shape index (κ1) is 30.8. The Bertz CT molecular complexity index is 1360. The Hall–Kier alpha value is -3.70. The summed E-state index contributed by atoms with van der Waals surface area (Å²) < 4.78 is 133. The smallest absolute Gasteiger partial charge is 0.374 e. The van der Waals surface area contributed by atoms with Gasteiger partial charge in [0.1, 0.15) is 23.8 Å². The third-order valence-electron chi connectivity index (χ3n) is 5.37. The molecule has 0 unspecified atom stereocenters. The molecular weight excluding hydrogens is 596 g/mol. The fraction of sp³-hybridized carbons (Fsp3) is 0.381. The Morgan fingerprint density at radius 1 is 1.02 bits per heavy atom. The van der Waals surface area contributed by atoms with Crippen molar-refractivity contribution in [2.45, 2.75) is 37.5 Å². The van der Waals surface area contributed by atoms with Gasteiger partial charge in [-0.25, -0.2) is 4.39 Å². The van der Waals surface area contributed by atoms with Gasteiger partial charge in [-0.1, -0.05) is 16.8 Å². The molecule has 0 saturated carbocycles. The molecule has 0 fully saturated rings. The molecule has 19 heteroatoms. The standard InChI is InChI=1S/C21H14ClF10N5O3/c1-8-2-12(35-36-16(8)17(39)33-6-14(38)34-7-19(24,25)26)13-5-18(40-37-13,21(30,31)32)10-3-9(20(27,28)29)4-11(22)15(10)23/h2-4H,5-7H2,1H3,(H,33,39)(H,34,38)/t18-/m0/s1. The summed E-state index contributed by atoms with van der Waals surface area (Å²) in [6, 6.07) is 1.01. The van der Waals surface area contributed by atoms with Crippen LogP contribution in [0.4, 0.5) is 43.9 Å². The van der Waals surface area contributed by atoms with Crippen molar-refractivity contribution in [2.75, 3.05) is 13.1 Å². The number of hydrogen-bond donors (Lipinski definition) is 2. The van der Waals surface area contributed by atoms with Crippen LogP contribution in [0, 0.1) is 12.7 Å². The summed E-state index contributed by atoms with van der Waals surface area (Å²) in [6.07, 6.45) is -16.7. The number of hydrogen-bond acceptors (Lipinski definition) is 6. The van der Waals surface area contributed by atoms with Crippen molar-refractivity contribution in [3.05, 3.63) is 57.1 Å². The van der Waals surface area contributed by atoms with Crippen molar-refractivity contribution >= 4 is 29.1 Å². The lowest BCUT2D eigenvalue weighted by molar-refractivity contribution is -0.276. The molecule has 40 heavy (non-hydrogen) atoms. The van der Waals surface area contributed by atoms with E-state index in [-0.39, 0.29) is 17.7 Å². The topological polar surface area (TPSA) is 106 Å². The third kappa shape index (κ3) is 6.53. The van der Waals surface area contributed by atoms with Gasteiger partial charge >= 0.3 is 18.5 Å². The Balaban J connectivity index is 1.85. The van der Waals surface area contributed by atoms with E-state index in [0.717, 1.165) is 6.07 Å². The molecule has 1 aliphatic heterocycles. The minimum absolute atomic E-state index is 0.0568. The minimum atomic E-state index is -5.51. The molecule has 0 saturated heterocycles. The second kappa shape index (κ2) is 10.7. The van der Waals surface area contributed by atoms with E-state index in [1.54, 1.807) is 0 Å². The van der Waals surface area contributed by atoms with E-state index in [4.69, 9.17) is 11.6 Å². The second-order valence-corrected chi connectivity index (χ2v) is 8.69. The molecule has 2 amide bonds. The Morgan fingerprint density at radius 3 is 2.23 bits per heavy atom. The molecule has 8 nitrogen and oxygen atoms in total. The van der Waals surface area contributed by atoms with Crippen LogP contribution in [-0.4, -0.2) is 53.2 Å². The molecule has 1 aromatic carbocycles. The molecular formula is C21H14ClF10N5O3. The quantitative estimate of drug-likeness (QED) is 0.467. The van der Waals surface area contributed by atoms with Crippen molar-refractivity contribution < 1.29 is 58.3 Å². The summed E-state index contributed by atoms with van der Waals surface area (Å²) in [4.78, 5) is 28.2. The summed E-state index contributed by atoms with van der Waals surface area (Å²) >= 11 is 5.45. The SMILES string of the molecule is Cc1cc(C2=NO[C@@](c3cc(C(F)(F)F)cc(Cl)c3F)(C(F)(F)F)C2)nnc1C(=O)NCC(=O)NCC(F)(F)F. The number of alkyl halides is 9. The predicted octanol–water partition coefficient (Wildman–Crippen LogP) is 4.59. The molecule has 1 atom stereocenters. The first-order valence-electron chi connectivity index (χ1n) is 10.6. The molecule has 2 aromatic rings. The van der Waals surface area contributed by atoms with Gasteiger partial charge in [0.25, 0.3) is 11.5 Å². The van der Waals surface area contributed by atoms with Crippen LogP contribution < -0.4 is 10.6 Å². The van der Waals surface area contributed by atoms with Crippen molar-refractivity contribution in [2.24, 2.45) is 5.16 Å². The summed E-state index contributed by atoms with van der Waals surface area (Å²) in [5.74, 6) is -4.08. The van der Waals surface area contributed by atoms with Crippen LogP contribution in [0.5, 0.6) is 0 Å². The second-order valence-electron chi connectivity index (χ2n) is 8.28. The lowest BCUT2D eigenvalue weighted by atomic mass is 9.86. The number of benzene rings is 1. The molecule has 1 aliphatic rings. The zero-order chi connectivity index (χ0) is 30.3. The van der Waals surface area contributed by atoms with Gasteiger partial charge < -0.3 is 15.5 Å². The number of aryl methyl sites for hydroxylation is 1. The summed E-state index contributed by atoms with van der Waals surface area (Å²) in [6.45, 7) is -1.29. The van der Waals surface area contributed by atoms with E-state index in [1.165, 1.54) is 12.2 Å². The van der Waals surface area contributed by atoms with Gasteiger partial charge in [0.2, 0.25) is 5.91 Å². The number of halogens is 11. The van der Waals surface area contributed by atoms with Crippen LogP contribution in [0.3, 0.4) is 0 Å². The monoisotopic (exact) mass is 609 g/mol. The molecule has 0 bridgehead atoms. The zero-order valence-corrected chi connectivity index (χ0v) is 20.3. The van der Waals surface area contributed by atoms with E-state index in [1.807, 2.05) is 5.32 Å². The Morgan fingerprint density at radius 2 is 1.68 bits per heavy atom. The molecule has 0 radical (unpaired) electrons. The number of nitrogens with zero attached hydrogens (tertiary/aromatic N) is 3. The summed E-state index contributed by atoms with van der Waals surface area (Å²) in [5.41, 5.74) is -8.56. The maximum absolute atomic E-state index is 14.7. The van der Waals surface area contributed by atoms with E-state index >= 15 is 0 Å². The predicted molar refractivity (Wildman–Crippen MR) is 115 cm³/mol. The van der Waals surface area contributed by atoms with Crippen molar-refractivity contribution in [1.82, 2.24) is 20.8 Å². The van der Waals surface area contributed by atoms with Gasteiger partial charge in [0.15, 0.2) is 5.69 Å². The van der Waals surface area contributed by atoms with Gasteiger partial charge in [0, 0.05) is 5.56 Å². The van der Waals surface area contributed by atoms with Gasteiger partial charge in [-0.05, 0) is 30.7 Å². The highest BCUT2D eigenvalue weighted by Gasteiger charge is 2.64. The lowest BCUT2D eigenvalue weighted by Gasteiger charge is -2.30. The number of carbonyl (C=O) groups is 2. The maximum atomic E-state index is 14.7. The van der Waals surface area contributed by atoms with Crippen LogP contribution in [0.1, 0.15) is 39.3 Å². The lowest BCUT2D eigenvalue weighted by Crippen LogP contribution is -2.43. The zero-order valence-electron chi connectivity index (χ0n) is 19.6. The van der Waals surface area contributed by atoms with E-state index in [9.17, 15) is 53.5 Å². The number of oxime groups is 1. The average Bonchev–Trinajstić information content (AvgIpc) is 3.28. The number of amides is 2. The molecule has 1 aromatic heterocycles. The van der Waals surface area contributed by atoms with Gasteiger partial charge in [0.05, 0.1) is 23.6 Å². The van der Waals surface area contributed by atoms with Crippen LogP contribution in [0.25, 0.3) is 0 Å². The van der Waals surface area contributed by atoms with Gasteiger partial charge in [-0.15, -0.1) is 10.2 Å². The summed E-state index contributed by atoms with van der Waals surface area (Å²) in [5, 5.41) is 12.5. The van der Waals surface area contributed by atoms with Crippen molar-refractivity contribution in [3.8, 4) is 0 Å². The van der Waals surface area contributed by atoms with Gasteiger partial charge in [-0.2, -0.15) is 39.5 Å². The fourth-order valence-electron chi connectivity index (χ4n) is 3.42. The molecule has 218 valence electrons. The fourth-order valence-corrected chi connectivity index (χ4v) is 3.64. The van der Waals surface area contributed by atoms with Crippen LogP contribution in [0.15, 0.2) is 23.4 Å². The highest BCUT2D eigenvalue weighted by molar-refractivity contribution is 6.30. The molecule has 3 rings (SSSR count). The highest BCUT2D eigenvalue weighted by atomic mass is 35.5. The normalized spacial score (nSPS) is 17.8. The molecule has 0 spiro atoms. The minimum Gasteiger partial charge on any atom is -0.374 e. The highest BCUT2D eigenvalue weighted by Crippen LogP contribution is 2.51.